The van der Waals surface area contributed by atoms with Crippen molar-refractivity contribution < 1.29 is 8.42 Å². The molecule has 1 aromatic heterocycles. The molecular formula is C15H16N2O2S. The Morgan fingerprint density at radius 3 is 2.90 bits per heavy atom. The van der Waals surface area contributed by atoms with Crippen molar-refractivity contribution in [1.82, 2.24) is 9.71 Å². The molecule has 1 heterocycles. The first-order valence-corrected chi connectivity index (χ1v) is 8.06. The van der Waals surface area contributed by atoms with Gasteiger partial charge < -0.3 is 0 Å². The van der Waals surface area contributed by atoms with Gasteiger partial charge in [-0.2, -0.15) is 0 Å². The summed E-state index contributed by atoms with van der Waals surface area (Å²) in [5, 5.41) is 0. The van der Waals surface area contributed by atoms with Gasteiger partial charge in [-0.15, -0.1) is 0 Å². The predicted molar refractivity (Wildman–Crippen MR) is 76.8 cm³/mol. The van der Waals surface area contributed by atoms with Crippen LogP contribution in [-0.4, -0.2) is 13.4 Å². The average molecular weight is 288 g/mol. The summed E-state index contributed by atoms with van der Waals surface area (Å²) < 4.78 is 27.4. The van der Waals surface area contributed by atoms with Crippen LogP contribution < -0.4 is 4.72 Å². The summed E-state index contributed by atoms with van der Waals surface area (Å²) in [6, 6.07) is 9.22. The highest BCUT2D eigenvalue weighted by atomic mass is 32.2. The van der Waals surface area contributed by atoms with Crippen molar-refractivity contribution in [1.29, 1.82) is 0 Å². The lowest BCUT2D eigenvalue weighted by Gasteiger charge is -2.14. The standard InChI is InChI=1S/C15H16N2O2S/c1-11-4-6-14-12(9-11)5-7-15(14)17-20(18,19)13-3-2-8-16-10-13/h2-4,6,8-10,15,17H,5,7H2,1H3. The van der Waals surface area contributed by atoms with E-state index in [9.17, 15) is 8.42 Å². The molecular weight excluding hydrogens is 272 g/mol. The van der Waals surface area contributed by atoms with E-state index in [0.717, 1.165) is 18.4 Å². The van der Waals surface area contributed by atoms with Gasteiger partial charge in [0.25, 0.3) is 0 Å². The molecule has 0 radical (unpaired) electrons. The molecule has 0 spiro atoms. The van der Waals surface area contributed by atoms with Crippen molar-refractivity contribution in [2.24, 2.45) is 0 Å². The molecule has 0 aliphatic heterocycles. The van der Waals surface area contributed by atoms with Crippen LogP contribution in [0.2, 0.25) is 0 Å². The number of benzene rings is 1. The molecule has 1 N–H and O–H groups in total. The van der Waals surface area contributed by atoms with Crippen LogP contribution in [-0.2, 0) is 16.4 Å². The fraction of sp³-hybridized carbons (Fsp3) is 0.267. The third-order valence-electron chi connectivity index (χ3n) is 3.62. The van der Waals surface area contributed by atoms with Gasteiger partial charge in [0.2, 0.25) is 10.0 Å². The first-order chi connectivity index (χ1) is 9.56. The molecule has 1 atom stereocenters. The van der Waals surface area contributed by atoms with Crippen LogP contribution in [0.3, 0.4) is 0 Å². The molecule has 3 rings (SSSR count). The van der Waals surface area contributed by atoms with E-state index in [2.05, 4.69) is 15.8 Å². The Balaban J connectivity index is 1.88. The van der Waals surface area contributed by atoms with Crippen molar-refractivity contribution in [2.75, 3.05) is 0 Å². The fourth-order valence-electron chi connectivity index (χ4n) is 2.63. The summed E-state index contributed by atoms with van der Waals surface area (Å²) in [5.41, 5.74) is 3.53. The Bertz CT molecular complexity index is 727. The van der Waals surface area contributed by atoms with Crippen LogP contribution in [0.15, 0.2) is 47.6 Å². The zero-order valence-electron chi connectivity index (χ0n) is 11.2. The second kappa shape index (κ2) is 5.00. The van der Waals surface area contributed by atoms with E-state index in [1.807, 2.05) is 19.1 Å². The minimum atomic E-state index is -3.51. The molecule has 1 aliphatic carbocycles. The second-order valence-electron chi connectivity index (χ2n) is 5.10. The van der Waals surface area contributed by atoms with Crippen molar-refractivity contribution in [2.45, 2.75) is 30.7 Å². The third kappa shape index (κ3) is 2.46. The topological polar surface area (TPSA) is 59.1 Å². The molecule has 0 fully saturated rings. The van der Waals surface area contributed by atoms with Gasteiger partial charge in [-0.25, -0.2) is 13.1 Å². The zero-order valence-corrected chi connectivity index (χ0v) is 12.0. The number of hydrogen-bond donors (Lipinski definition) is 1. The highest BCUT2D eigenvalue weighted by Crippen LogP contribution is 2.32. The number of nitrogens with zero attached hydrogens (tertiary/aromatic N) is 1. The molecule has 2 aromatic rings. The minimum absolute atomic E-state index is 0.143. The average Bonchev–Trinajstić information content (AvgIpc) is 2.81. The van der Waals surface area contributed by atoms with Gasteiger partial charge in [0.15, 0.2) is 0 Å². The van der Waals surface area contributed by atoms with E-state index in [1.54, 1.807) is 18.3 Å². The Kier molecular flexibility index (Phi) is 3.31. The van der Waals surface area contributed by atoms with Crippen LogP contribution in [0.4, 0.5) is 0 Å². The summed E-state index contributed by atoms with van der Waals surface area (Å²) in [4.78, 5) is 4.07. The lowest BCUT2D eigenvalue weighted by molar-refractivity contribution is 0.554. The van der Waals surface area contributed by atoms with E-state index < -0.39 is 10.0 Å². The minimum Gasteiger partial charge on any atom is -0.263 e. The van der Waals surface area contributed by atoms with Crippen molar-refractivity contribution in [3.05, 3.63) is 59.4 Å². The molecule has 1 aliphatic rings. The number of nitrogens with one attached hydrogen (secondary N) is 1. The predicted octanol–water partition coefficient (Wildman–Crippen LogP) is 2.36. The Hall–Kier alpha value is -1.72. The Morgan fingerprint density at radius 2 is 2.15 bits per heavy atom. The van der Waals surface area contributed by atoms with Gasteiger partial charge in [-0.05, 0) is 43.0 Å². The first-order valence-electron chi connectivity index (χ1n) is 6.58. The summed E-state index contributed by atoms with van der Waals surface area (Å²) in [6.07, 6.45) is 4.65. The molecule has 5 heteroatoms. The maximum Gasteiger partial charge on any atom is 0.242 e. The highest BCUT2D eigenvalue weighted by Gasteiger charge is 2.27. The smallest absolute Gasteiger partial charge is 0.242 e. The molecule has 104 valence electrons. The molecule has 0 saturated carbocycles. The molecule has 0 bridgehead atoms. The maximum absolute atomic E-state index is 12.3. The lowest BCUT2D eigenvalue weighted by Crippen LogP contribution is -2.27. The number of fused-ring (bicyclic) bond motifs is 1. The number of aromatic nitrogens is 1. The largest absolute Gasteiger partial charge is 0.263 e. The van der Waals surface area contributed by atoms with E-state index in [0.29, 0.717) is 0 Å². The van der Waals surface area contributed by atoms with Crippen LogP contribution in [0.1, 0.15) is 29.2 Å². The van der Waals surface area contributed by atoms with Crippen molar-refractivity contribution >= 4 is 10.0 Å². The summed E-state index contributed by atoms with van der Waals surface area (Å²) in [6.45, 7) is 2.05. The quantitative estimate of drug-likeness (QED) is 0.943. The SMILES string of the molecule is Cc1ccc2c(c1)CCC2NS(=O)(=O)c1cccnc1. The normalized spacial score (nSPS) is 17.9. The molecule has 1 aromatic carbocycles. The van der Waals surface area contributed by atoms with Gasteiger partial charge in [-0.1, -0.05) is 23.8 Å². The summed E-state index contributed by atoms with van der Waals surface area (Å²) in [7, 11) is -3.51. The van der Waals surface area contributed by atoms with E-state index >= 15 is 0 Å². The van der Waals surface area contributed by atoms with Gasteiger partial charge in [-0.3, -0.25) is 4.98 Å². The van der Waals surface area contributed by atoms with Crippen LogP contribution in [0.25, 0.3) is 0 Å². The first kappa shape index (κ1) is 13.3. The van der Waals surface area contributed by atoms with Gasteiger partial charge in [0, 0.05) is 18.4 Å². The van der Waals surface area contributed by atoms with Gasteiger partial charge >= 0.3 is 0 Å². The highest BCUT2D eigenvalue weighted by molar-refractivity contribution is 7.89. The number of hydrogen-bond acceptors (Lipinski definition) is 3. The van der Waals surface area contributed by atoms with E-state index in [-0.39, 0.29) is 10.9 Å². The molecule has 20 heavy (non-hydrogen) atoms. The third-order valence-corrected chi connectivity index (χ3v) is 5.08. The molecule has 1 unspecified atom stereocenters. The van der Waals surface area contributed by atoms with Crippen LogP contribution >= 0.6 is 0 Å². The lowest BCUT2D eigenvalue weighted by atomic mass is 10.1. The fourth-order valence-corrected chi connectivity index (χ4v) is 3.84. The molecule has 0 amide bonds. The number of aryl methyl sites for hydroxylation is 2. The van der Waals surface area contributed by atoms with E-state index in [4.69, 9.17) is 0 Å². The number of rotatable bonds is 3. The Labute approximate surface area is 118 Å². The van der Waals surface area contributed by atoms with Crippen molar-refractivity contribution in [3.8, 4) is 0 Å². The number of sulfonamides is 1. The molecule has 4 nitrogen and oxygen atoms in total. The van der Waals surface area contributed by atoms with Crippen LogP contribution in [0.5, 0.6) is 0 Å². The monoisotopic (exact) mass is 288 g/mol. The van der Waals surface area contributed by atoms with Crippen LogP contribution in [0, 0.1) is 6.92 Å². The van der Waals surface area contributed by atoms with Gasteiger partial charge in [0.1, 0.15) is 4.90 Å². The van der Waals surface area contributed by atoms with Crippen molar-refractivity contribution in [3.63, 3.8) is 0 Å². The van der Waals surface area contributed by atoms with Gasteiger partial charge in [0.05, 0.1) is 0 Å². The Morgan fingerprint density at radius 1 is 1.30 bits per heavy atom. The molecule has 0 saturated heterocycles. The summed E-state index contributed by atoms with van der Waals surface area (Å²) >= 11 is 0. The summed E-state index contributed by atoms with van der Waals surface area (Å²) in [5.74, 6) is 0. The maximum atomic E-state index is 12.3. The second-order valence-corrected chi connectivity index (χ2v) is 6.82. The van der Waals surface area contributed by atoms with E-state index in [1.165, 1.54) is 17.3 Å². The zero-order chi connectivity index (χ0) is 14.2. The number of pyridine rings is 1.